The summed E-state index contributed by atoms with van der Waals surface area (Å²) in [5.74, 6) is 0.308. The van der Waals surface area contributed by atoms with E-state index in [0.717, 1.165) is 12.8 Å². The Morgan fingerprint density at radius 1 is 1.67 bits per heavy atom. The normalized spacial score (nSPS) is 10.0. The second-order valence-electron chi connectivity index (χ2n) is 2.97. The van der Waals surface area contributed by atoms with Crippen molar-refractivity contribution in [2.45, 2.75) is 19.8 Å². The molecule has 6 heteroatoms. The number of pyridine rings is 1. The standard InChI is InChI=1S/C9H12ClN3O2/c1-2-3-4-15-7-5-6(10)8(13-14)9(11)12-7/h5H,2-4H2,1H3,(H2,11,12). The lowest BCUT2D eigenvalue weighted by atomic mass is 10.3. The van der Waals surface area contributed by atoms with Crippen LogP contribution in [0.1, 0.15) is 19.8 Å². The van der Waals surface area contributed by atoms with E-state index in [0.29, 0.717) is 12.5 Å². The highest BCUT2D eigenvalue weighted by Crippen LogP contribution is 2.32. The summed E-state index contributed by atoms with van der Waals surface area (Å²) in [5, 5.41) is 2.84. The number of unbranched alkanes of at least 4 members (excludes halogenated alkanes) is 1. The van der Waals surface area contributed by atoms with E-state index in [4.69, 9.17) is 22.1 Å². The molecule has 0 saturated carbocycles. The van der Waals surface area contributed by atoms with Crippen LogP contribution < -0.4 is 10.5 Å². The Labute approximate surface area is 92.6 Å². The number of hydrogen-bond acceptors (Lipinski definition) is 5. The van der Waals surface area contributed by atoms with Crippen LogP contribution in [0.3, 0.4) is 0 Å². The molecule has 0 amide bonds. The monoisotopic (exact) mass is 229 g/mol. The third kappa shape index (κ3) is 3.06. The highest BCUT2D eigenvalue weighted by atomic mass is 35.5. The van der Waals surface area contributed by atoms with Gasteiger partial charge in [-0.05, 0) is 11.6 Å². The van der Waals surface area contributed by atoms with Gasteiger partial charge in [-0.2, -0.15) is 4.98 Å². The molecule has 0 saturated heterocycles. The maximum Gasteiger partial charge on any atom is 0.216 e. The van der Waals surface area contributed by atoms with Crippen molar-refractivity contribution in [3.63, 3.8) is 0 Å². The van der Waals surface area contributed by atoms with Crippen molar-refractivity contribution in [1.29, 1.82) is 0 Å². The molecule has 1 heterocycles. The van der Waals surface area contributed by atoms with Crippen molar-refractivity contribution in [2.24, 2.45) is 5.18 Å². The van der Waals surface area contributed by atoms with Crippen LogP contribution in [-0.2, 0) is 0 Å². The fourth-order valence-electron chi connectivity index (χ4n) is 0.988. The molecule has 0 spiro atoms. The molecule has 0 aliphatic carbocycles. The van der Waals surface area contributed by atoms with E-state index in [2.05, 4.69) is 17.1 Å². The predicted molar refractivity (Wildman–Crippen MR) is 59.5 cm³/mol. The maximum atomic E-state index is 10.3. The first-order chi connectivity index (χ1) is 7.19. The Morgan fingerprint density at radius 3 is 2.93 bits per heavy atom. The molecule has 0 unspecified atom stereocenters. The van der Waals surface area contributed by atoms with Gasteiger partial charge in [-0.3, -0.25) is 0 Å². The molecule has 0 atom stereocenters. The van der Waals surface area contributed by atoms with Crippen LogP contribution in [0.4, 0.5) is 11.5 Å². The first kappa shape index (κ1) is 11.7. The summed E-state index contributed by atoms with van der Waals surface area (Å²) >= 11 is 5.75. The zero-order valence-corrected chi connectivity index (χ0v) is 9.12. The van der Waals surface area contributed by atoms with Gasteiger partial charge in [0.25, 0.3) is 0 Å². The minimum Gasteiger partial charge on any atom is -0.478 e. The zero-order chi connectivity index (χ0) is 11.3. The van der Waals surface area contributed by atoms with Gasteiger partial charge in [0, 0.05) is 6.07 Å². The molecule has 0 aliphatic rings. The zero-order valence-electron chi connectivity index (χ0n) is 8.36. The Hall–Kier alpha value is -1.36. The number of nitrogens with zero attached hydrogens (tertiary/aromatic N) is 2. The van der Waals surface area contributed by atoms with E-state index in [1.807, 2.05) is 0 Å². The third-order valence-electron chi connectivity index (χ3n) is 1.79. The molecule has 1 rings (SSSR count). The topological polar surface area (TPSA) is 77.6 Å². The molecule has 82 valence electrons. The molecule has 0 bridgehead atoms. The number of rotatable bonds is 5. The van der Waals surface area contributed by atoms with Crippen LogP contribution in [0.2, 0.25) is 5.02 Å². The van der Waals surface area contributed by atoms with E-state index in [-0.39, 0.29) is 16.5 Å². The number of halogens is 1. The van der Waals surface area contributed by atoms with E-state index in [9.17, 15) is 4.91 Å². The van der Waals surface area contributed by atoms with Crippen molar-refractivity contribution in [1.82, 2.24) is 4.98 Å². The fraction of sp³-hybridized carbons (Fsp3) is 0.444. The number of hydrogen-bond donors (Lipinski definition) is 1. The van der Waals surface area contributed by atoms with Crippen LogP contribution in [0.5, 0.6) is 5.88 Å². The van der Waals surface area contributed by atoms with Gasteiger partial charge in [0.2, 0.25) is 5.88 Å². The van der Waals surface area contributed by atoms with Crippen molar-refractivity contribution in [3.05, 3.63) is 16.0 Å². The lowest BCUT2D eigenvalue weighted by Gasteiger charge is -2.06. The highest BCUT2D eigenvalue weighted by Gasteiger charge is 2.10. The van der Waals surface area contributed by atoms with E-state index in [1.165, 1.54) is 6.07 Å². The lowest BCUT2D eigenvalue weighted by molar-refractivity contribution is 0.298. The van der Waals surface area contributed by atoms with Gasteiger partial charge in [0.15, 0.2) is 11.5 Å². The molecule has 15 heavy (non-hydrogen) atoms. The molecule has 2 N–H and O–H groups in total. The van der Waals surface area contributed by atoms with Crippen LogP contribution in [-0.4, -0.2) is 11.6 Å². The molecule has 0 radical (unpaired) electrons. The van der Waals surface area contributed by atoms with Gasteiger partial charge < -0.3 is 10.5 Å². The summed E-state index contributed by atoms with van der Waals surface area (Å²) in [5.41, 5.74) is 5.43. The Kier molecular flexibility index (Phi) is 4.30. The summed E-state index contributed by atoms with van der Waals surface area (Å²) < 4.78 is 5.29. The Balaban J connectivity index is 2.79. The minimum absolute atomic E-state index is 0.0102. The second-order valence-corrected chi connectivity index (χ2v) is 3.38. The molecule has 0 aromatic carbocycles. The lowest BCUT2D eigenvalue weighted by Crippen LogP contribution is -2.00. The van der Waals surface area contributed by atoms with Crippen molar-refractivity contribution >= 4 is 23.1 Å². The van der Waals surface area contributed by atoms with Crippen LogP contribution in [0, 0.1) is 4.91 Å². The Morgan fingerprint density at radius 2 is 2.40 bits per heavy atom. The molecule has 5 nitrogen and oxygen atoms in total. The number of ether oxygens (including phenoxy) is 1. The Bertz CT molecular complexity index is 334. The van der Waals surface area contributed by atoms with Gasteiger partial charge in [-0.1, -0.05) is 24.9 Å². The van der Waals surface area contributed by atoms with Gasteiger partial charge >= 0.3 is 0 Å². The number of aromatic nitrogens is 1. The van der Waals surface area contributed by atoms with Crippen molar-refractivity contribution in [2.75, 3.05) is 12.3 Å². The van der Waals surface area contributed by atoms with Gasteiger partial charge in [0.1, 0.15) is 0 Å². The van der Waals surface area contributed by atoms with Crippen molar-refractivity contribution in [3.8, 4) is 5.88 Å². The number of anilines is 1. The van der Waals surface area contributed by atoms with Crippen LogP contribution in [0.15, 0.2) is 11.2 Å². The third-order valence-corrected chi connectivity index (χ3v) is 2.08. The summed E-state index contributed by atoms with van der Waals surface area (Å²) in [7, 11) is 0. The molecular formula is C9H12ClN3O2. The van der Waals surface area contributed by atoms with Gasteiger partial charge in [0.05, 0.1) is 11.6 Å². The average Bonchev–Trinajstić information content (AvgIpc) is 2.18. The fourth-order valence-corrected chi connectivity index (χ4v) is 1.21. The van der Waals surface area contributed by atoms with Crippen LogP contribution in [0.25, 0.3) is 0 Å². The SMILES string of the molecule is CCCCOc1cc(Cl)c(N=O)c(N)n1. The molecular weight excluding hydrogens is 218 g/mol. The van der Waals surface area contributed by atoms with E-state index in [1.54, 1.807) is 0 Å². The predicted octanol–water partition coefficient (Wildman–Crippen LogP) is 2.89. The summed E-state index contributed by atoms with van der Waals surface area (Å²) in [6.45, 7) is 2.60. The summed E-state index contributed by atoms with van der Waals surface area (Å²) in [6, 6.07) is 1.43. The van der Waals surface area contributed by atoms with Gasteiger partial charge in [-0.15, -0.1) is 4.91 Å². The first-order valence-electron chi connectivity index (χ1n) is 4.61. The van der Waals surface area contributed by atoms with E-state index < -0.39 is 0 Å². The smallest absolute Gasteiger partial charge is 0.216 e. The second kappa shape index (κ2) is 5.50. The quantitative estimate of drug-likeness (QED) is 0.622. The summed E-state index contributed by atoms with van der Waals surface area (Å²) in [6.07, 6.45) is 1.95. The number of nitroso groups, excluding NO2 is 1. The number of nitrogen functional groups attached to an aromatic ring is 1. The first-order valence-corrected chi connectivity index (χ1v) is 4.99. The largest absolute Gasteiger partial charge is 0.478 e. The van der Waals surface area contributed by atoms with E-state index >= 15 is 0 Å². The molecule has 0 aliphatic heterocycles. The maximum absolute atomic E-state index is 10.3. The molecule has 1 aromatic rings. The van der Waals surface area contributed by atoms with Gasteiger partial charge in [-0.25, -0.2) is 0 Å². The minimum atomic E-state index is -0.0421. The number of nitrogens with two attached hydrogens (primary N) is 1. The summed E-state index contributed by atoms with van der Waals surface area (Å²) in [4.78, 5) is 14.2. The van der Waals surface area contributed by atoms with Crippen molar-refractivity contribution < 1.29 is 4.74 Å². The highest BCUT2D eigenvalue weighted by molar-refractivity contribution is 6.33. The average molecular weight is 230 g/mol. The molecule has 1 aromatic heterocycles. The molecule has 0 fully saturated rings. The van der Waals surface area contributed by atoms with Crippen LogP contribution >= 0.6 is 11.6 Å².